The van der Waals surface area contributed by atoms with Crippen LogP contribution in [-0.4, -0.2) is 19.2 Å². The Balaban J connectivity index is 1.99. The third-order valence-corrected chi connectivity index (χ3v) is 4.24. The Morgan fingerprint density at radius 2 is 1.91 bits per heavy atom. The lowest BCUT2D eigenvalue weighted by Gasteiger charge is -2.05. The quantitative estimate of drug-likeness (QED) is 0.447. The van der Waals surface area contributed by atoms with E-state index in [1.165, 1.54) is 5.56 Å². The number of hydrogen-bond donors (Lipinski definition) is 1. The Morgan fingerprint density at radius 1 is 1.22 bits per heavy atom. The van der Waals surface area contributed by atoms with E-state index in [-0.39, 0.29) is 5.91 Å². The summed E-state index contributed by atoms with van der Waals surface area (Å²) >= 11 is 2.13. The van der Waals surface area contributed by atoms with Gasteiger partial charge in [0.1, 0.15) is 5.75 Å². The van der Waals surface area contributed by atoms with E-state index < -0.39 is 0 Å². The normalized spacial score (nSPS) is 11.0. The first-order chi connectivity index (χ1) is 11.0. The van der Waals surface area contributed by atoms with E-state index in [0.29, 0.717) is 11.5 Å². The highest BCUT2D eigenvalue weighted by molar-refractivity contribution is 14.1. The second-order valence-electron chi connectivity index (χ2n) is 5.37. The number of benzene rings is 2. The largest absolute Gasteiger partial charge is 0.496 e. The van der Waals surface area contributed by atoms with Gasteiger partial charge in [-0.25, -0.2) is 5.43 Å². The van der Waals surface area contributed by atoms with Gasteiger partial charge in [0.2, 0.25) is 0 Å². The number of ether oxygens (including phenoxy) is 1. The van der Waals surface area contributed by atoms with Crippen LogP contribution in [0.25, 0.3) is 0 Å². The molecule has 0 spiro atoms. The Labute approximate surface area is 150 Å². The van der Waals surface area contributed by atoms with Crippen molar-refractivity contribution in [2.45, 2.75) is 19.8 Å². The maximum atomic E-state index is 12.1. The summed E-state index contributed by atoms with van der Waals surface area (Å²) in [5, 5.41) is 4.01. The molecule has 0 radical (unpaired) electrons. The van der Waals surface area contributed by atoms with Crippen molar-refractivity contribution in [3.8, 4) is 5.75 Å². The lowest BCUT2D eigenvalue weighted by molar-refractivity contribution is 0.0955. The van der Waals surface area contributed by atoms with E-state index >= 15 is 0 Å². The van der Waals surface area contributed by atoms with E-state index in [1.807, 2.05) is 12.1 Å². The molecule has 0 heterocycles. The topological polar surface area (TPSA) is 50.7 Å². The fourth-order valence-electron chi connectivity index (χ4n) is 2.00. The monoisotopic (exact) mass is 422 g/mol. The molecule has 1 amide bonds. The van der Waals surface area contributed by atoms with Crippen LogP contribution in [0.4, 0.5) is 0 Å². The average Bonchev–Trinajstić information content (AvgIpc) is 2.55. The molecule has 0 aromatic heterocycles. The van der Waals surface area contributed by atoms with E-state index in [9.17, 15) is 4.79 Å². The first-order valence-corrected chi connectivity index (χ1v) is 8.36. The van der Waals surface area contributed by atoms with Gasteiger partial charge in [0, 0.05) is 5.56 Å². The van der Waals surface area contributed by atoms with Crippen molar-refractivity contribution in [1.29, 1.82) is 0 Å². The van der Waals surface area contributed by atoms with Crippen molar-refractivity contribution in [2.24, 2.45) is 5.10 Å². The van der Waals surface area contributed by atoms with E-state index in [1.54, 1.807) is 31.5 Å². The molecule has 2 aromatic rings. The highest BCUT2D eigenvalue weighted by Gasteiger charge is 2.07. The van der Waals surface area contributed by atoms with Gasteiger partial charge in [0.15, 0.2) is 0 Å². The smallest absolute Gasteiger partial charge is 0.271 e. The number of rotatable bonds is 5. The molecule has 0 aliphatic rings. The van der Waals surface area contributed by atoms with E-state index in [0.717, 1.165) is 14.9 Å². The molecule has 0 unspecified atom stereocenters. The van der Waals surface area contributed by atoms with Crippen molar-refractivity contribution in [3.63, 3.8) is 0 Å². The Hall–Kier alpha value is -1.89. The first-order valence-electron chi connectivity index (χ1n) is 7.28. The summed E-state index contributed by atoms with van der Waals surface area (Å²) in [4.78, 5) is 12.1. The molecule has 0 saturated carbocycles. The van der Waals surface area contributed by atoms with Gasteiger partial charge in [-0.05, 0) is 57.8 Å². The molecule has 0 bridgehead atoms. The highest BCUT2D eigenvalue weighted by atomic mass is 127. The van der Waals surface area contributed by atoms with Crippen molar-refractivity contribution in [2.75, 3.05) is 7.11 Å². The summed E-state index contributed by atoms with van der Waals surface area (Å²) in [5.74, 6) is 0.995. The maximum Gasteiger partial charge on any atom is 0.271 e. The Morgan fingerprint density at radius 3 is 2.48 bits per heavy atom. The van der Waals surface area contributed by atoms with Gasteiger partial charge >= 0.3 is 0 Å². The van der Waals surface area contributed by atoms with Crippen LogP contribution in [0.2, 0.25) is 0 Å². The molecular weight excluding hydrogens is 403 g/mol. The van der Waals surface area contributed by atoms with E-state index in [2.05, 4.69) is 59.1 Å². The van der Waals surface area contributed by atoms with Crippen molar-refractivity contribution in [3.05, 3.63) is 62.7 Å². The predicted octanol–water partition coefficient (Wildman–Crippen LogP) is 4.19. The SMILES string of the molecule is COc1ccc(C(=O)NN=Cc2ccc(C(C)C)cc2)cc1I. The van der Waals surface area contributed by atoms with Gasteiger partial charge in [0.05, 0.1) is 16.9 Å². The fourth-order valence-corrected chi connectivity index (χ4v) is 2.74. The molecule has 0 aliphatic carbocycles. The lowest BCUT2D eigenvalue weighted by atomic mass is 10.0. The van der Waals surface area contributed by atoms with Gasteiger partial charge in [-0.2, -0.15) is 5.10 Å². The van der Waals surface area contributed by atoms with Gasteiger partial charge in [-0.3, -0.25) is 4.79 Å². The van der Waals surface area contributed by atoms with Gasteiger partial charge in [0.25, 0.3) is 5.91 Å². The molecule has 0 atom stereocenters. The molecular formula is C18H19IN2O2. The number of nitrogens with one attached hydrogen (secondary N) is 1. The highest BCUT2D eigenvalue weighted by Crippen LogP contribution is 2.21. The summed E-state index contributed by atoms with van der Waals surface area (Å²) in [7, 11) is 1.60. The minimum Gasteiger partial charge on any atom is -0.496 e. The molecule has 0 fully saturated rings. The summed E-state index contributed by atoms with van der Waals surface area (Å²) < 4.78 is 6.06. The van der Waals surface area contributed by atoms with Gasteiger partial charge in [-0.1, -0.05) is 38.1 Å². The number of carbonyl (C=O) groups is 1. The average molecular weight is 422 g/mol. The zero-order chi connectivity index (χ0) is 16.8. The van der Waals surface area contributed by atoms with Crippen LogP contribution in [0.5, 0.6) is 5.75 Å². The summed E-state index contributed by atoms with van der Waals surface area (Å²) in [5.41, 5.74) is 5.30. The van der Waals surface area contributed by atoms with Crippen LogP contribution in [0.15, 0.2) is 47.6 Å². The van der Waals surface area contributed by atoms with E-state index in [4.69, 9.17) is 4.74 Å². The second kappa shape index (κ2) is 8.10. The van der Waals surface area contributed by atoms with Crippen molar-refractivity contribution < 1.29 is 9.53 Å². The zero-order valence-electron chi connectivity index (χ0n) is 13.3. The molecule has 0 saturated heterocycles. The molecule has 4 nitrogen and oxygen atoms in total. The first kappa shape index (κ1) is 17.5. The lowest BCUT2D eigenvalue weighted by Crippen LogP contribution is -2.17. The number of nitrogens with zero attached hydrogens (tertiary/aromatic N) is 1. The van der Waals surface area contributed by atoms with Crippen LogP contribution in [0.3, 0.4) is 0 Å². The summed E-state index contributed by atoms with van der Waals surface area (Å²) in [6.07, 6.45) is 1.64. The summed E-state index contributed by atoms with van der Waals surface area (Å²) in [6, 6.07) is 13.4. The molecule has 5 heteroatoms. The van der Waals surface area contributed by atoms with Crippen molar-refractivity contribution in [1.82, 2.24) is 5.43 Å². The summed E-state index contributed by atoms with van der Waals surface area (Å²) in [6.45, 7) is 4.30. The van der Waals surface area contributed by atoms with Crippen LogP contribution in [0, 0.1) is 3.57 Å². The number of carbonyl (C=O) groups excluding carboxylic acids is 1. The standard InChI is InChI=1S/C18H19IN2O2/c1-12(2)14-6-4-13(5-7-14)11-20-21-18(22)15-8-9-17(23-3)16(19)10-15/h4-12H,1-3H3,(H,21,22). The minimum atomic E-state index is -0.249. The van der Waals surface area contributed by atoms with Crippen LogP contribution in [-0.2, 0) is 0 Å². The molecule has 23 heavy (non-hydrogen) atoms. The third kappa shape index (κ3) is 4.79. The number of hydrogen-bond acceptors (Lipinski definition) is 3. The molecule has 1 N–H and O–H groups in total. The van der Waals surface area contributed by atoms with Crippen LogP contribution < -0.4 is 10.2 Å². The van der Waals surface area contributed by atoms with Crippen LogP contribution in [0.1, 0.15) is 41.3 Å². The number of halogens is 1. The predicted molar refractivity (Wildman–Crippen MR) is 101 cm³/mol. The van der Waals surface area contributed by atoms with Crippen molar-refractivity contribution >= 4 is 34.7 Å². The van der Waals surface area contributed by atoms with Crippen LogP contribution >= 0.6 is 22.6 Å². The molecule has 120 valence electrons. The third-order valence-electron chi connectivity index (χ3n) is 3.40. The Kier molecular flexibility index (Phi) is 6.15. The molecule has 2 rings (SSSR count). The van der Waals surface area contributed by atoms with Gasteiger partial charge in [-0.15, -0.1) is 0 Å². The number of hydrazone groups is 1. The number of amides is 1. The molecule has 2 aromatic carbocycles. The maximum absolute atomic E-state index is 12.1. The zero-order valence-corrected chi connectivity index (χ0v) is 15.5. The number of methoxy groups -OCH3 is 1. The Bertz CT molecular complexity index is 709. The fraction of sp³-hybridized carbons (Fsp3) is 0.222. The minimum absolute atomic E-state index is 0.249. The second-order valence-corrected chi connectivity index (χ2v) is 6.53. The van der Waals surface area contributed by atoms with Gasteiger partial charge < -0.3 is 4.74 Å². The molecule has 0 aliphatic heterocycles.